The van der Waals surface area contributed by atoms with Crippen molar-refractivity contribution in [3.63, 3.8) is 0 Å². The third-order valence-corrected chi connectivity index (χ3v) is 3.08. The van der Waals surface area contributed by atoms with E-state index in [4.69, 9.17) is 4.74 Å². The fraction of sp³-hybridized carbons (Fsp3) is 0.846. The molecule has 0 bridgehead atoms. The highest BCUT2D eigenvalue weighted by molar-refractivity contribution is 5.84. The summed E-state index contributed by atoms with van der Waals surface area (Å²) in [5, 5.41) is 3.19. The summed E-state index contributed by atoms with van der Waals surface area (Å²) in [4.78, 5) is 27.0. The zero-order valence-corrected chi connectivity index (χ0v) is 12.0. The Balaban J connectivity index is 2.22. The molecule has 0 aromatic rings. The first-order chi connectivity index (χ1) is 9.15. The molecule has 0 unspecified atom stereocenters. The van der Waals surface area contributed by atoms with E-state index < -0.39 is 0 Å². The first-order valence-corrected chi connectivity index (χ1v) is 6.95. The Kier molecular flexibility index (Phi) is 7.43. The molecule has 1 heterocycles. The molecule has 6 heteroatoms. The van der Waals surface area contributed by atoms with Crippen molar-refractivity contribution < 1.29 is 14.3 Å². The zero-order valence-electron chi connectivity index (χ0n) is 12.0. The van der Waals surface area contributed by atoms with Crippen LogP contribution >= 0.6 is 0 Å². The lowest BCUT2D eigenvalue weighted by atomic mass is 10.3. The first kappa shape index (κ1) is 15.9. The molecule has 0 aliphatic carbocycles. The second-order valence-electron chi connectivity index (χ2n) is 4.74. The summed E-state index contributed by atoms with van der Waals surface area (Å²) in [7, 11) is 1.67. The maximum absolute atomic E-state index is 12.0. The molecule has 1 aliphatic rings. The summed E-state index contributed by atoms with van der Waals surface area (Å²) in [6.07, 6.45) is 1.29. The number of nitrogens with zero attached hydrogens (tertiary/aromatic N) is 2. The first-order valence-electron chi connectivity index (χ1n) is 6.95. The Hall–Kier alpha value is -1.14. The van der Waals surface area contributed by atoms with Crippen LogP contribution < -0.4 is 5.32 Å². The van der Waals surface area contributed by atoms with E-state index in [-0.39, 0.29) is 18.4 Å². The summed E-state index contributed by atoms with van der Waals surface area (Å²) in [5.41, 5.74) is 0. The number of carbonyl (C=O) groups is 2. The van der Waals surface area contributed by atoms with Gasteiger partial charge < -0.3 is 19.9 Å². The Morgan fingerprint density at radius 2 is 1.95 bits per heavy atom. The van der Waals surface area contributed by atoms with E-state index in [1.165, 1.54) is 4.90 Å². The van der Waals surface area contributed by atoms with Crippen LogP contribution in [0.4, 0.5) is 0 Å². The van der Waals surface area contributed by atoms with Gasteiger partial charge in [0.1, 0.15) is 0 Å². The SMILES string of the molecule is CCCOCCC(=O)N(C)CC(=O)N1CCNCC1. The molecule has 0 saturated carbocycles. The second kappa shape index (κ2) is 8.87. The summed E-state index contributed by atoms with van der Waals surface area (Å²) < 4.78 is 5.27. The van der Waals surface area contributed by atoms with E-state index >= 15 is 0 Å². The van der Waals surface area contributed by atoms with Gasteiger partial charge in [0, 0.05) is 39.8 Å². The van der Waals surface area contributed by atoms with Crippen LogP contribution in [-0.2, 0) is 14.3 Å². The van der Waals surface area contributed by atoms with Gasteiger partial charge in [-0.05, 0) is 6.42 Å². The molecule has 1 fully saturated rings. The third kappa shape index (κ3) is 6.02. The van der Waals surface area contributed by atoms with Gasteiger partial charge in [0.25, 0.3) is 0 Å². The lowest BCUT2D eigenvalue weighted by Gasteiger charge is -2.29. The number of hydrogen-bond acceptors (Lipinski definition) is 4. The third-order valence-electron chi connectivity index (χ3n) is 3.08. The van der Waals surface area contributed by atoms with Gasteiger partial charge in [-0.15, -0.1) is 0 Å². The maximum Gasteiger partial charge on any atom is 0.242 e. The van der Waals surface area contributed by atoms with Crippen molar-refractivity contribution >= 4 is 11.8 Å². The highest BCUT2D eigenvalue weighted by atomic mass is 16.5. The standard InChI is InChI=1S/C13H25N3O3/c1-3-9-19-10-4-12(17)15(2)11-13(18)16-7-5-14-6-8-16/h14H,3-11H2,1-2H3. The smallest absolute Gasteiger partial charge is 0.242 e. The second-order valence-corrected chi connectivity index (χ2v) is 4.74. The maximum atomic E-state index is 12.0. The van der Waals surface area contributed by atoms with Crippen LogP contribution in [0.1, 0.15) is 19.8 Å². The predicted octanol–water partition coefficient (Wildman–Crippen LogP) is -0.307. The summed E-state index contributed by atoms with van der Waals surface area (Å²) in [6.45, 7) is 6.39. The summed E-state index contributed by atoms with van der Waals surface area (Å²) in [5.74, 6) is -0.0218. The van der Waals surface area contributed by atoms with E-state index in [2.05, 4.69) is 5.32 Å². The average molecular weight is 271 g/mol. The Morgan fingerprint density at radius 3 is 2.58 bits per heavy atom. The largest absolute Gasteiger partial charge is 0.381 e. The monoisotopic (exact) mass is 271 g/mol. The molecule has 0 aromatic carbocycles. The van der Waals surface area contributed by atoms with Crippen molar-refractivity contribution in [3.8, 4) is 0 Å². The molecule has 2 amide bonds. The number of nitrogens with one attached hydrogen (secondary N) is 1. The van der Waals surface area contributed by atoms with Crippen LogP contribution in [0.2, 0.25) is 0 Å². The molecule has 1 aliphatic heterocycles. The Labute approximate surface area is 115 Å². The molecule has 1 saturated heterocycles. The van der Waals surface area contributed by atoms with E-state index in [1.807, 2.05) is 6.92 Å². The van der Waals surface area contributed by atoms with Gasteiger partial charge in [0.2, 0.25) is 11.8 Å². The van der Waals surface area contributed by atoms with E-state index in [0.29, 0.717) is 19.6 Å². The molecule has 1 N–H and O–H groups in total. The highest BCUT2D eigenvalue weighted by Gasteiger charge is 2.19. The fourth-order valence-corrected chi connectivity index (χ4v) is 1.90. The Bertz CT molecular complexity index is 291. The predicted molar refractivity (Wildman–Crippen MR) is 72.8 cm³/mol. The van der Waals surface area contributed by atoms with Crippen LogP contribution in [0.25, 0.3) is 0 Å². The van der Waals surface area contributed by atoms with Crippen LogP contribution in [0, 0.1) is 0 Å². The molecule has 1 rings (SSSR count). The number of amides is 2. The summed E-state index contributed by atoms with van der Waals surface area (Å²) >= 11 is 0. The van der Waals surface area contributed by atoms with Crippen LogP contribution in [0.5, 0.6) is 0 Å². The normalized spacial score (nSPS) is 15.4. The van der Waals surface area contributed by atoms with Crippen LogP contribution in [0.3, 0.4) is 0 Å². The van der Waals surface area contributed by atoms with E-state index in [9.17, 15) is 9.59 Å². The fourth-order valence-electron chi connectivity index (χ4n) is 1.90. The molecule has 19 heavy (non-hydrogen) atoms. The molecule has 0 atom stereocenters. The minimum absolute atomic E-state index is 0.0202. The van der Waals surface area contributed by atoms with Gasteiger partial charge >= 0.3 is 0 Å². The summed E-state index contributed by atoms with van der Waals surface area (Å²) in [6, 6.07) is 0. The number of ether oxygens (including phenoxy) is 1. The van der Waals surface area contributed by atoms with Gasteiger partial charge in [-0.3, -0.25) is 9.59 Å². The van der Waals surface area contributed by atoms with Crippen molar-refractivity contribution in [1.29, 1.82) is 0 Å². The van der Waals surface area contributed by atoms with Crippen molar-refractivity contribution in [3.05, 3.63) is 0 Å². The molecule has 110 valence electrons. The molecular weight excluding hydrogens is 246 g/mol. The quantitative estimate of drug-likeness (QED) is 0.645. The van der Waals surface area contributed by atoms with Crippen molar-refractivity contribution in [2.45, 2.75) is 19.8 Å². The van der Waals surface area contributed by atoms with Crippen molar-refractivity contribution in [2.24, 2.45) is 0 Å². The molecule has 0 aromatic heterocycles. The zero-order chi connectivity index (χ0) is 14.1. The number of rotatable bonds is 7. The molecule has 0 radical (unpaired) electrons. The van der Waals surface area contributed by atoms with Crippen molar-refractivity contribution in [2.75, 3.05) is 53.0 Å². The van der Waals surface area contributed by atoms with Gasteiger partial charge in [0.05, 0.1) is 19.6 Å². The average Bonchev–Trinajstić information content (AvgIpc) is 2.44. The van der Waals surface area contributed by atoms with Crippen molar-refractivity contribution in [1.82, 2.24) is 15.1 Å². The van der Waals surface area contributed by atoms with Gasteiger partial charge in [-0.1, -0.05) is 6.92 Å². The molecular formula is C13H25N3O3. The number of piperazine rings is 1. The molecule has 6 nitrogen and oxygen atoms in total. The van der Waals surface area contributed by atoms with Crippen LogP contribution in [0.15, 0.2) is 0 Å². The highest BCUT2D eigenvalue weighted by Crippen LogP contribution is 1.98. The topological polar surface area (TPSA) is 61.9 Å². The number of hydrogen-bond donors (Lipinski definition) is 1. The lowest BCUT2D eigenvalue weighted by molar-refractivity contribution is -0.140. The van der Waals surface area contributed by atoms with Crippen LogP contribution in [-0.4, -0.2) is 74.6 Å². The van der Waals surface area contributed by atoms with Gasteiger partial charge in [-0.2, -0.15) is 0 Å². The van der Waals surface area contributed by atoms with Gasteiger partial charge in [-0.25, -0.2) is 0 Å². The van der Waals surface area contributed by atoms with E-state index in [1.54, 1.807) is 11.9 Å². The Morgan fingerprint density at radius 1 is 1.26 bits per heavy atom. The van der Waals surface area contributed by atoms with Gasteiger partial charge in [0.15, 0.2) is 0 Å². The number of likely N-dealkylation sites (N-methyl/N-ethyl adjacent to an activating group) is 1. The lowest BCUT2D eigenvalue weighted by Crippen LogP contribution is -2.49. The van der Waals surface area contributed by atoms with E-state index in [0.717, 1.165) is 32.6 Å². The minimum atomic E-state index is -0.0420. The number of carbonyl (C=O) groups excluding carboxylic acids is 2. The minimum Gasteiger partial charge on any atom is -0.381 e. The molecule has 0 spiro atoms.